The van der Waals surface area contributed by atoms with E-state index in [0.717, 1.165) is 0 Å². The highest BCUT2D eigenvalue weighted by atomic mass is 16.6. The number of epoxide rings is 1. The minimum absolute atomic E-state index is 0.0295. The third-order valence-electron chi connectivity index (χ3n) is 8.46. The molecule has 0 aromatic rings. The molecule has 1 saturated heterocycles. The minimum Gasteiger partial charge on any atom is -0.469 e. The number of allylic oxidation sites excluding steroid dienone is 1. The van der Waals surface area contributed by atoms with Gasteiger partial charge in [-0.3, -0.25) is 19.2 Å². The Balaban J connectivity index is 2.10. The van der Waals surface area contributed by atoms with E-state index in [4.69, 9.17) is 14.2 Å². The SMILES string of the molecule is COC(=O)C/C(C=O)=C\C[C@@]1(C)[C@H](C)C[C@H](OC(C)=O)[C@]2(COC(C)=O)[C@@H]1[C@H](O)CC[C@]21CO1. The van der Waals surface area contributed by atoms with Crippen LogP contribution in [0.5, 0.6) is 0 Å². The van der Waals surface area contributed by atoms with Crippen molar-refractivity contribution in [1.82, 2.24) is 0 Å². The van der Waals surface area contributed by atoms with Gasteiger partial charge < -0.3 is 24.1 Å². The van der Waals surface area contributed by atoms with Crippen LogP contribution in [0.15, 0.2) is 11.6 Å². The average Bonchev–Trinajstić information content (AvgIpc) is 3.56. The van der Waals surface area contributed by atoms with Crippen LogP contribution in [0.3, 0.4) is 0 Å². The molecule has 0 aromatic carbocycles. The summed E-state index contributed by atoms with van der Waals surface area (Å²) in [4.78, 5) is 47.3. The molecule has 0 unspecified atom stereocenters. The number of hydrogen-bond acceptors (Lipinski definition) is 9. The van der Waals surface area contributed by atoms with Gasteiger partial charge in [0.05, 0.1) is 31.7 Å². The summed E-state index contributed by atoms with van der Waals surface area (Å²) >= 11 is 0. The van der Waals surface area contributed by atoms with Crippen molar-refractivity contribution in [2.75, 3.05) is 20.3 Å². The standard InChI is InChI=1S/C25H36O9/c1-15-10-20(34-17(3)28)25(14-32-16(2)27)22(19(29)7-9-24(25)13-33-24)23(15,4)8-6-18(12-26)11-21(30)31-5/h6,12,15,19-20,22,29H,7-11,13-14H2,1-5H3/b18-6+/t15-,19-,20+,22-,23+,24+,25-/m1/s1. The van der Waals surface area contributed by atoms with Crippen molar-refractivity contribution in [3.8, 4) is 0 Å². The van der Waals surface area contributed by atoms with Crippen molar-refractivity contribution < 1.29 is 43.2 Å². The van der Waals surface area contributed by atoms with Crippen LogP contribution in [0.2, 0.25) is 0 Å². The number of aliphatic hydroxyl groups excluding tert-OH is 1. The molecule has 3 fully saturated rings. The third-order valence-corrected chi connectivity index (χ3v) is 8.46. The van der Waals surface area contributed by atoms with Gasteiger partial charge >= 0.3 is 17.9 Å². The fourth-order valence-electron chi connectivity index (χ4n) is 6.50. The molecule has 1 heterocycles. The predicted octanol–water partition coefficient (Wildman–Crippen LogP) is 2.13. The smallest absolute Gasteiger partial charge is 0.310 e. The number of hydrogen-bond donors (Lipinski definition) is 1. The van der Waals surface area contributed by atoms with Crippen LogP contribution < -0.4 is 0 Å². The monoisotopic (exact) mass is 480 g/mol. The molecule has 0 amide bonds. The quantitative estimate of drug-likeness (QED) is 0.183. The van der Waals surface area contributed by atoms with Gasteiger partial charge in [-0.2, -0.15) is 0 Å². The largest absolute Gasteiger partial charge is 0.469 e. The molecule has 9 heteroatoms. The van der Waals surface area contributed by atoms with Crippen LogP contribution in [0, 0.1) is 22.7 Å². The molecule has 34 heavy (non-hydrogen) atoms. The second kappa shape index (κ2) is 9.77. The zero-order valence-electron chi connectivity index (χ0n) is 20.6. The predicted molar refractivity (Wildman–Crippen MR) is 119 cm³/mol. The van der Waals surface area contributed by atoms with Crippen LogP contribution in [0.1, 0.15) is 59.8 Å². The number of esters is 3. The Morgan fingerprint density at radius 3 is 2.41 bits per heavy atom. The first-order valence-electron chi connectivity index (χ1n) is 11.8. The van der Waals surface area contributed by atoms with Crippen LogP contribution in [0.25, 0.3) is 0 Å². The first kappa shape index (κ1) is 26.3. The molecule has 3 rings (SSSR count). The molecule has 9 nitrogen and oxygen atoms in total. The second-order valence-electron chi connectivity index (χ2n) is 10.3. The Kier molecular flexibility index (Phi) is 7.57. The number of ether oxygens (including phenoxy) is 4. The van der Waals surface area contributed by atoms with Crippen molar-refractivity contribution in [1.29, 1.82) is 0 Å². The van der Waals surface area contributed by atoms with E-state index in [1.165, 1.54) is 21.0 Å². The fourth-order valence-corrected chi connectivity index (χ4v) is 6.50. The molecule has 1 N–H and O–H groups in total. The number of fused-ring (bicyclic) bond motifs is 2. The van der Waals surface area contributed by atoms with Crippen LogP contribution >= 0.6 is 0 Å². The molecular weight excluding hydrogens is 444 g/mol. The Morgan fingerprint density at radius 2 is 1.88 bits per heavy atom. The fraction of sp³-hybridized carbons (Fsp3) is 0.760. The third kappa shape index (κ3) is 4.52. The van der Waals surface area contributed by atoms with Gasteiger partial charge in [-0.05, 0) is 42.6 Å². The first-order chi connectivity index (χ1) is 16.0. The lowest BCUT2D eigenvalue weighted by Gasteiger charge is -2.64. The highest BCUT2D eigenvalue weighted by molar-refractivity contribution is 5.84. The van der Waals surface area contributed by atoms with Crippen molar-refractivity contribution in [3.05, 3.63) is 11.6 Å². The van der Waals surface area contributed by atoms with E-state index in [9.17, 15) is 24.3 Å². The van der Waals surface area contributed by atoms with E-state index in [1.807, 2.05) is 13.8 Å². The molecule has 2 saturated carbocycles. The summed E-state index contributed by atoms with van der Waals surface area (Å²) in [7, 11) is 1.27. The summed E-state index contributed by atoms with van der Waals surface area (Å²) in [5.41, 5.74) is -1.88. The van der Waals surface area contributed by atoms with Crippen LogP contribution in [-0.2, 0) is 38.1 Å². The molecule has 0 aromatic heterocycles. The maximum atomic E-state index is 12.1. The second-order valence-corrected chi connectivity index (χ2v) is 10.3. The number of rotatable bonds is 8. The van der Waals surface area contributed by atoms with Gasteiger partial charge in [0.25, 0.3) is 0 Å². The van der Waals surface area contributed by atoms with Crippen LogP contribution in [-0.4, -0.2) is 67.4 Å². The summed E-state index contributed by atoms with van der Waals surface area (Å²) in [6.45, 7) is 7.12. The number of carbonyl (C=O) groups excluding carboxylic acids is 4. The van der Waals surface area contributed by atoms with Crippen molar-refractivity contribution in [2.45, 2.75) is 77.6 Å². The lowest BCUT2D eigenvalue weighted by Crippen LogP contribution is -2.70. The Bertz CT molecular complexity index is 860. The van der Waals surface area contributed by atoms with E-state index < -0.39 is 52.5 Å². The normalized spacial score (nSPS) is 39.1. The molecule has 1 spiro atoms. The lowest BCUT2D eigenvalue weighted by molar-refractivity contribution is -0.250. The molecule has 0 bridgehead atoms. The zero-order valence-corrected chi connectivity index (χ0v) is 20.6. The Labute approximate surface area is 200 Å². The maximum absolute atomic E-state index is 12.1. The van der Waals surface area contributed by atoms with E-state index in [2.05, 4.69) is 4.74 Å². The maximum Gasteiger partial charge on any atom is 0.310 e. The van der Waals surface area contributed by atoms with Gasteiger partial charge in [0, 0.05) is 19.8 Å². The van der Waals surface area contributed by atoms with Gasteiger partial charge in [-0.15, -0.1) is 0 Å². The highest BCUT2D eigenvalue weighted by Crippen LogP contribution is 2.69. The zero-order chi connectivity index (χ0) is 25.3. The van der Waals surface area contributed by atoms with E-state index >= 15 is 0 Å². The van der Waals surface area contributed by atoms with Crippen molar-refractivity contribution in [2.24, 2.45) is 22.7 Å². The van der Waals surface area contributed by atoms with Gasteiger partial charge in [0.2, 0.25) is 0 Å². The summed E-state index contributed by atoms with van der Waals surface area (Å²) in [5.74, 6) is -1.91. The molecule has 7 atom stereocenters. The van der Waals surface area contributed by atoms with Gasteiger partial charge in [0.15, 0.2) is 0 Å². The first-order valence-corrected chi connectivity index (χ1v) is 11.8. The Morgan fingerprint density at radius 1 is 1.21 bits per heavy atom. The summed E-state index contributed by atoms with van der Waals surface area (Å²) in [5, 5.41) is 11.4. The van der Waals surface area contributed by atoms with Crippen LogP contribution in [0.4, 0.5) is 0 Å². The van der Waals surface area contributed by atoms with Gasteiger partial charge in [-0.25, -0.2) is 0 Å². The van der Waals surface area contributed by atoms with E-state index in [1.54, 1.807) is 6.08 Å². The van der Waals surface area contributed by atoms with Crippen molar-refractivity contribution >= 4 is 24.2 Å². The number of aldehydes is 1. The molecule has 3 aliphatic rings. The lowest BCUT2D eigenvalue weighted by atomic mass is 9.42. The summed E-state index contributed by atoms with van der Waals surface area (Å²) in [6.07, 6.45) is 2.79. The Hall–Kier alpha value is -2.26. The molecule has 2 aliphatic carbocycles. The topological polar surface area (TPSA) is 129 Å². The molecule has 1 aliphatic heterocycles. The minimum atomic E-state index is -0.944. The number of carbonyl (C=O) groups is 4. The van der Waals surface area contributed by atoms with Gasteiger partial charge in [0.1, 0.15) is 24.6 Å². The summed E-state index contributed by atoms with van der Waals surface area (Å²) in [6, 6.07) is 0. The van der Waals surface area contributed by atoms with E-state index in [-0.39, 0.29) is 18.9 Å². The summed E-state index contributed by atoms with van der Waals surface area (Å²) < 4.78 is 22.1. The molecule has 0 radical (unpaired) electrons. The number of aliphatic hydroxyl groups is 1. The van der Waals surface area contributed by atoms with Crippen molar-refractivity contribution in [3.63, 3.8) is 0 Å². The highest BCUT2D eigenvalue weighted by Gasteiger charge is 2.76. The molecular formula is C25H36O9. The number of methoxy groups -OCH3 is 1. The average molecular weight is 481 g/mol. The molecule has 190 valence electrons. The van der Waals surface area contributed by atoms with E-state index in [0.29, 0.717) is 44.1 Å². The van der Waals surface area contributed by atoms with Gasteiger partial charge in [-0.1, -0.05) is 19.9 Å².